The Morgan fingerprint density at radius 1 is 0.282 bits per heavy atom. The van der Waals surface area contributed by atoms with Gasteiger partial charge < -0.3 is 9.13 Å². The summed E-state index contributed by atoms with van der Waals surface area (Å²) in [5, 5.41) is 24.3. The van der Waals surface area contributed by atoms with Crippen molar-refractivity contribution in [1.82, 2.24) is 28.2 Å². The number of aromatic nitrogens is 6. The van der Waals surface area contributed by atoms with Gasteiger partial charge in [-0.15, -0.1) is 0 Å². The Balaban J connectivity index is 0.920. The van der Waals surface area contributed by atoms with Gasteiger partial charge in [-0.2, -0.15) is 10.2 Å². The average Bonchev–Trinajstić information content (AvgIpc) is 2.93. The maximum atomic E-state index is 10.0. The lowest BCUT2D eigenvalue weighted by Crippen LogP contribution is -2.74. The summed E-state index contributed by atoms with van der Waals surface area (Å²) in [6.45, 7) is 0. The molecule has 0 radical (unpaired) electrons. The minimum Gasteiger partial charge on any atom is -0.309 e. The molecule has 17 aromatic rings. The van der Waals surface area contributed by atoms with E-state index in [2.05, 4.69) is 309 Å². The minimum absolute atomic E-state index is 0.562. The zero-order valence-corrected chi connectivity index (χ0v) is 46.9. The Morgan fingerprint density at radius 3 is 1.20 bits per heavy atom. The molecule has 5 heterocycles. The molecule has 0 aliphatic heterocycles. The van der Waals surface area contributed by atoms with Crippen molar-refractivity contribution < 1.29 is 0 Å². The molecule has 17 rings (SSSR count). The molecule has 0 saturated carbocycles. The van der Waals surface area contributed by atoms with Crippen LogP contribution in [0.5, 0.6) is 0 Å². The van der Waals surface area contributed by atoms with Crippen LogP contribution >= 0.6 is 0 Å². The van der Waals surface area contributed by atoms with E-state index in [0.29, 0.717) is 11.5 Å². The van der Waals surface area contributed by atoms with Crippen LogP contribution in [0.4, 0.5) is 0 Å². The largest absolute Gasteiger partial charge is 0.309 e. The van der Waals surface area contributed by atoms with Crippen LogP contribution in [-0.4, -0.2) is 36.3 Å². The van der Waals surface area contributed by atoms with Gasteiger partial charge in [0, 0.05) is 66.1 Å². The van der Waals surface area contributed by atoms with Crippen LogP contribution < -0.4 is 20.7 Å². The third-order valence-corrected chi connectivity index (χ3v) is 22.4. The van der Waals surface area contributed by atoms with Crippen molar-refractivity contribution in [2.24, 2.45) is 0 Å². The SMILES string of the molecule is N#Cc1ccc2c(c1)c1ccccc1n2-c1ccc2c3ccccc3n(-c3cc(-c4ccc([Si](c5ccccc5)(c5ccccc5)c5ccccc5)cc4)nc(-n4c5ccccc5c5cc(-n6c7ccccc7c7ccccc76)ccc54)n3)c2c1. The van der Waals surface area contributed by atoms with E-state index in [1.54, 1.807) is 0 Å². The molecular formula is C77H49N7Si. The highest BCUT2D eigenvalue weighted by atomic mass is 28.3. The molecule has 0 unspecified atom stereocenters. The molecule has 0 aliphatic rings. The van der Waals surface area contributed by atoms with Crippen molar-refractivity contribution in [3.05, 3.63) is 303 Å². The van der Waals surface area contributed by atoms with Crippen LogP contribution in [0.15, 0.2) is 297 Å². The normalized spacial score (nSPS) is 12.0. The fraction of sp³-hybridized carbons (Fsp3) is 0. The molecule has 5 aromatic heterocycles. The smallest absolute Gasteiger partial charge is 0.237 e. The molecule has 396 valence electrons. The fourth-order valence-corrected chi connectivity index (χ4v) is 18.7. The number of hydrogen-bond acceptors (Lipinski definition) is 3. The van der Waals surface area contributed by atoms with Gasteiger partial charge in [-0.25, -0.2) is 4.98 Å². The summed E-state index contributed by atoms with van der Waals surface area (Å²) in [6, 6.07) is 110. The number of nitrogens with zero attached hydrogens (tertiary/aromatic N) is 7. The van der Waals surface area contributed by atoms with E-state index < -0.39 is 8.07 Å². The quantitative estimate of drug-likeness (QED) is 0.107. The third-order valence-electron chi connectivity index (χ3n) is 17.6. The molecule has 0 amide bonds. The summed E-state index contributed by atoms with van der Waals surface area (Å²) < 4.78 is 9.29. The van der Waals surface area contributed by atoms with Crippen LogP contribution in [0.1, 0.15) is 5.56 Å². The monoisotopic (exact) mass is 1100 g/mol. The highest BCUT2D eigenvalue weighted by Gasteiger charge is 2.41. The van der Waals surface area contributed by atoms with Gasteiger partial charge in [-0.1, -0.05) is 212 Å². The highest BCUT2D eigenvalue weighted by molar-refractivity contribution is 7.19. The molecule has 0 N–H and O–H groups in total. The van der Waals surface area contributed by atoms with E-state index in [4.69, 9.17) is 9.97 Å². The van der Waals surface area contributed by atoms with Crippen molar-refractivity contribution in [2.45, 2.75) is 0 Å². The van der Waals surface area contributed by atoms with Gasteiger partial charge >= 0.3 is 0 Å². The van der Waals surface area contributed by atoms with Crippen LogP contribution in [0, 0.1) is 11.3 Å². The first-order chi connectivity index (χ1) is 42.1. The number of fused-ring (bicyclic) bond motifs is 12. The maximum absolute atomic E-state index is 10.0. The summed E-state index contributed by atoms with van der Waals surface area (Å²) >= 11 is 0. The van der Waals surface area contributed by atoms with Gasteiger partial charge in [0.2, 0.25) is 5.95 Å². The van der Waals surface area contributed by atoms with Crippen LogP contribution in [0.25, 0.3) is 122 Å². The summed E-state index contributed by atoms with van der Waals surface area (Å²) in [5.41, 5.74) is 13.0. The Bertz CT molecular complexity index is 5400. The summed E-state index contributed by atoms with van der Waals surface area (Å²) in [4.78, 5) is 11.5. The van der Waals surface area contributed by atoms with Gasteiger partial charge in [-0.05, 0) is 99.6 Å². The molecule has 0 fully saturated rings. The van der Waals surface area contributed by atoms with Gasteiger partial charge in [0.25, 0.3) is 0 Å². The van der Waals surface area contributed by atoms with Crippen molar-refractivity contribution in [2.75, 3.05) is 0 Å². The Labute approximate surface area is 490 Å². The highest BCUT2D eigenvalue weighted by Crippen LogP contribution is 2.40. The number of hydrogen-bond donors (Lipinski definition) is 0. The van der Waals surface area contributed by atoms with Gasteiger partial charge in [0.05, 0.1) is 61.5 Å². The molecule has 0 atom stereocenters. The van der Waals surface area contributed by atoms with E-state index in [9.17, 15) is 5.26 Å². The van der Waals surface area contributed by atoms with Crippen molar-refractivity contribution in [1.29, 1.82) is 5.26 Å². The predicted octanol–water partition coefficient (Wildman–Crippen LogP) is 15.8. The molecule has 12 aromatic carbocycles. The molecule has 0 saturated heterocycles. The lowest BCUT2D eigenvalue weighted by Gasteiger charge is -2.34. The summed E-state index contributed by atoms with van der Waals surface area (Å²) in [5.74, 6) is 1.30. The second-order valence-corrected chi connectivity index (χ2v) is 25.8. The Hall–Kier alpha value is -11.4. The first-order valence-corrected chi connectivity index (χ1v) is 30.8. The zero-order valence-electron chi connectivity index (χ0n) is 45.9. The number of benzene rings is 12. The van der Waals surface area contributed by atoms with E-state index in [1.807, 2.05) is 12.1 Å². The number of para-hydroxylation sites is 5. The molecule has 8 heteroatoms. The summed E-state index contributed by atoms with van der Waals surface area (Å²) in [7, 11) is -2.84. The van der Waals surface area contributed by atoms with Crippen molar-refractivity contribution in [3.8, 4) is 40.5 Å². The second-order valence-electron chi connectivity index (χ2n) is 22.0. The van der Waals surface area contributed by atoms with E-state index in [0.717, 1.165) is 105 Å². The number of rotatable bonds is 9. The van der Waals surface area contributed by atoms with Crippen LogP contribution in [0.2, 0.25) is 0 Å². The molecule has 0 aliphatic carbocycles. The number of nitriles is 1. The van der Waals surface area contributed by atoms with E-state index in [1.165, 1.54) is 31.5 Å². The molecule has 7 nitrogen and oxygen atoms in total. The maximum Gasteiger partial charge on any atom is 0.237 e. The van der Waals surface area contributed by atoms with Crippen LogP contribution in [-0.2, 0) is 0 Å². The summed E-state index contributed by atoms with van der Waals surface area (Å²) in [6.07, 6.45) is 0. The molecule has 0 bridgehead atoms. The van der Waals surface area contributed by atoms with Crippen molar-refractivity contribution in [3.63, 3.8) is 0 Å². The zero-order chi connectivity index (χ0) is 56.2. The standard InChI is InChI=1S/C77H49N7Si/c78-50-51-36-44-73-65(46-51)62-29-13-17-33-70(62)82(73)54-39-43-64-61-28-12-18-34-71(61)83(75(64)48-54)76-49-67(52-37-41-58(42-38-52)85(55-20-4-1-5-21-55,56-22-6-2-7-23-56)57-24-8-3-9-25-57)79-77(80-76)84-72-35-19-14-30-63(72)66-47-53(40-45-74(66)84)81-68-31-15-10-26-59(68)60-27-11-16-32-69(60)81/h1-49H. The lowest BCUT2D eigenvalue weighted by molar-refractivity contribution is 0.951. The first-order valence-electron chi connectivity index (χ1n) is 28.8. The van der Waals surface area contributed by atoms with Gasteiger partial charge in [0.1, 0.15) is 5.82 Å². The third kappa shape index (κ3) is 7.31. The fourth-order valence-electron chi connectivity index (χ4n) is 13.9. The van der Waals surface area contributed by atoms with Gasteiger partial charge in [-0.3, -0.25) is 9.13 Å². The minimum atomic E-state index is -2.84. The molecular weight excluding hydrogens is 1050 g/mol. The second kappa shape index (κ2) is 19.1. The Kier molecular flexibility index (Phi) is 10.9. The lowest BCUT2D eigenvalue weighted by atomic mass is 10.1. The van der Waals surface area contributed by atoms with Crippen molar-refractivity contribution >= 4 is 116 Å². The first kappa shape index (κ1) is 48.3. The topological polar surface area (TPSA) is 69.3 Å². The van der Waals surface area contributed by atoms with Crippen LogP contribution in [0.3, 0.4) is 0 Å². The molecule has 0 spiro atoms. The molecule has 85 heavy (non-hydrogen) atoms. The van der Waals surface area contributed by atoms with E-state index >= 15 is 0 Å². The Morgan fingerprint density at radius 2 is 0.671 bits per heavy atom. The van der Waals surface area contributed by atoms with E-state index in [-0.39, 0.29) is 0 Å². The van der Waals surface area contributed by atoms with Gasteiger partial charge in [0.15, 0.2) is 8.07 Å². The average molecular weight is 1100 g/mol. The predicted molar refractivity (Wildman–Crippen MR) is 353 cm³/mol.